The van der Waals surface area contributed by atoms with E-state index in [1.807, 2.05) is 36.4 Å². The summed E-state index contributed by atoms with van der Waals surface area (Å²) in [5.41, 5.74) is 2.57. The molecule has 2 heterocycles. The number of hydrogen-bond donors (Lipinski definition) is 1. The van der Waals surface area contributed by atoms with Gasteiger partial charge >= 0.3 is 0 Å². The van der Waals surface area contributed by atoms with Crippen LogP contribution in [0.4, 0.5) is 0 Å². The third-order valence-electron chi connectivity index (χ3n) is 3.55. The van der Waals surface area contributed by atoms with Crippen LogP contribution in [0.1, 0.15) is 17.5 Å². The number of carbonyl (C=O) groups is 1. The van der Waals surface area contributed by atoms with Crippen molar-refractivity contribution in [3.63, 3.8) is 0 Å². The Bertz CT molecular complexity index is 716. The van der Waals surface area contributed by atoms with Crippen molar-refractivity contribution in [3.05, 3.63) is 59.9 Å². The maximum Gasteiger partial charge on any atom is 0.264 e. The molecule has 0 radical (unpaired) electrons. The molecule has 0 saturated heterocycles. The second kappa shape index (κ2) is 6.91. The molecule has 0 aliphatic carbocycles. The van der Waals surface area contributed by atoms with Crippen molar-refractivity contribution in [2.24, 2.45) is 5.16 Å². The lowest BCUT2D eigenvalue weighted by molar-refractivity contribution is -0.131. The quantitative estimate of drug-likeness (QED) is 0.915. The Labute approximate surface area is 134 Å². The largest absolute Gasteiger partial charge is 0.497 e. The van der Waals surface area contributed by atoms with Crippen LogP contribution in [0.5, 0.6) is 5.75 Å². The minimum Gasteiger partial charge on any atom is -0.497 e. The van der Waals surface area contributed by atoms with Gasteiger partial charge in [-0.3, -0.25) is 9.78 Å². The number of hydrogen-bond acceptors (Lipinski definition) is 5. The molecule has 2 aromatic rings. The van der Waals surface area contributed by atoms with Crippen LogP contribution in [-0.2, 0) is 16.2 Å². The number of rotatable bonds is 5. The average molecular weight is 311 g/mol. The third kappa shape index (κ3) is 3.66. The first kappa shape index (κ1) is 15.0. The van der Waals surface area contributed by atoms with Crippen molar-refractivity contribution in [2.45, 2.75) is 19.1 Å². The molecule has 1 aromatic heterocycles. The molecule has 1 N–H and O–H groups in total. The molecule has 1 aliphatic heterocycles. The van der Waals surface area contributed by atoms with Crippen molar-refractivity contribution >= 4 is 11.6 Å². The number of nitrogens with zero attached hydrogens (tertiary/aromatic N) is 2. The van der Waals surface area contributed by atoms with Crippen LogP contribution in [0.15, 0.2) is 53.9 Å². The van der Waals surface area contributed by atoms with Gasteiger partial charge in [0.15, 0.2) is 0 Å². The van der Waals surface area contributed by atoms with E-state index in [0.717, 1.165) is 22.6 Å². The van der Waals surface area contributed by atoms with E-state index < -0.39 is 6.10 Å². The number of amides is 1. The fourth-order valence-electron chi connectivity index (χ4n) is 2.30. The first-order chi connectivity index (χ1) is 11.3. The zero-order valence-electron chi connectivity index (χ0n) is 12.7. The standard InChI is InChI=1S/C17H17N3O3/c1-22-14-6-2-5-13(8-14)15-9-16(23-20-15)17(21)19-11-12-4-3-7-18-10-12/h2-8,10,16H,9,11H2,1H3,(H,19,21)/t16-/m1/s1. The van der Waals surface area contributed by atoms with Gasteiger partial charge < -0.3 is 14.9 Å². The molecule has 0 bridgehead atoms. The van der Waals surface area contributed by atoms with Gasteiger partial charge in [-0.25, -0.2) is 0 Å². The van der Waals surface area contributed by atoms with E-state index in [1.54, 1.807) is 19.5 Å². The van der Waals surface area contributed by atoms with Gasteiger partial charge in [0.05, 0.1) is 12.8 Å². The first-order valence-electron chi connectivity index (χ1n) is 7.30. The first-order valence-corrected chi connectivity index (χ1v) is 7.30. The van der Waals surface area contributed by atoms with Gasteiger partial charge in [-0.1, -0.05) is 23.4 Å². The lowest BCUT2D eigenvalue weighted by Crippen LogP contribution is -2.34. The second-order valence-corrected chi connectivity index (χ2v) is 5.15. The van der Waals surface area contributed by atoms with Crippen molar-refractivity contribution in [1.82, 2.24) is 10.3 Å². The van der Waals surface area contributed by atoms with E-state index in [1.165, 1.54) is 0 Å². The van der Waals surface area contributed by atoms with E-state index >= 15 is 0 Å². The summed E-state index contributed by atoms with van der Waals surface area (Å²) in [5.74, 6) is 0.560. The average Bonchev–Trinajstić information content (AvgIpc) is 3.11. The highest BCUT2D eigenvalue weighted by Gasteiger charge is 2.28. The van der Waals surface area contributed by atoms with Gasteiger partial charge in [0, 0.05) is 30.9 Å². The number of aromatic nitrogens is 1. The minimum absolute atomic E-state index is 0.185. The summed E-state index contributed by atoms with van der Waals surface area (Å²) in [4.78, 5) is 21.4. The number of ether oxygens (including phenoxy) is 1. The monoisotopic (exact) mass is 311 g/mol. The number of oxime groups is 1. The predicted octanol–water partition coefficient (Wildman–Crippen LogP) is 1.90. The molecular weight excluding hydrogens is 294 g/mol. The Morgan fingerprint density at radius 1 is 1.39 bits per heavy atom. The fraction of sp³-hybridized carbons (Fsp3) is 0.235. The fourth-order valence-corrected chi connectivity index (χ4v) is 2.30. The molecule has 6 heteroatoms. The number of benzene rings is 1. The van der Waals surface area contributed by atoms with Crippen LogP contribution < -0.4 is 10.1 Å². The van der Waals surface area contributed by atoms with Crippen molar-refractivity contribution in [1.29, 1.82) is 0 Å². The van der Waals surface area contributed by atoms with Crippen LogP contribution in [0.25, 0.3) is 0 Å². The topological polar surface area (TPSA) is 72.8 Å². The Morgan fingerprint density at radius 2 is 2.30 bits per heavy atom. The highest BCUT2D eigenvalue weighted by molar-refractivity contribution is 6.04. The highest BCUT2D eigenvalue weighted by atomic mass is 16.6. The summed E-state index contributed by atoms with van der Waals surface area (Å²) in [7, 11) is 1.61. The molecule has 0 fully saturated rings. The Morgan fingerprint density at radius 3 is 3.09 bits per heavy atom. The molecule has 118 valence electrons. The summed E-state index contributed by atoms with van der Waals surface area (Å²) >= 11 is 0. The molecule has 0 saturated carbocycles. The normalized spacial score (nSPS) is 16.4. The number of pyridine rings is 1. The summed E-state index contributed by atoms with van der Waals surface area (Å²) in [6.45, 7) is 0.418. The molecule has 23 heavy (non-hydrogen) atoms. The summed E-state index contributed by atoms with van der Waals surface area (Å²) < 4.78 is 5.20. The maximum atomic E-state index is 12.2. The van der Waals surface area contributed by atoms with Crippen LogP contribution in [0.3, 0.4) is 0 Å². The second-order valence-electron chi connectivity index (χ2n) is 5.15. The molecule has 1 aromatic carbocycles. The smallest absolute Gasteiger partial charge is 0.264 e. The van der Waals surface area contributed by atoms with Gasteiger partial charge in [0.1, 0.15) is 5.75 Å². The van der Waals surface area contributed by atoms with Gasteiger partial charge in [-0.2, -0.15) is 0 Å². The Balaban J connectivity index is 1.57. The summed E-state index contributed by atoms with van der Waals surface area (Å²) in [6.07, 6.45) is 3.24. The molecule has 3 rings (SSSR count). The highest BCUT2D eigenvalue weighted by Crippen LogP contribution is 2.20. The van der Waals surface area contributed by atoms with E-state index in [-0.39, 0.29) is 5.91 Å². The Hall–Kier alpha value is -2.89. The van der Waals surface area contributed by atoms with Crippen molar-refractivity contribution in [2.75, 3.05) is 7.11 Å². The predicted molar refractivity (Wildman–Crippen MR) is 85.1 cm³/mol. The van der Waals surface area contributed by atoms with Gasteiger partial charge in [0.2, 0.25) is 6.10 Å². The molecule has 1 atom stereocenters. The minimum atomic E-state index is -0.604. The van der Waals surface area contributed by atoms with Crippen LogP contribution >= 0.6 is 0 Å². The SMILES string of the molecule is COc1cccc(C2=NO[C@@H](C(=O)NCc3cccnc3)C2)c1. The van der Waals surface area contributed by atoms with Crippen LogP contribution in [0, 0.1) is 0 Å². The van der Waals surface area contributed by atoms with Gasteiger partial charge in [-0.15, -0.1) is 0 Å². The van der Waals surface area contributed by atoms with E-state index in [0.29, 0.717) is 13.0 Å². The maximum absolute atomic E-state index is 12.2. The van der Waals surface area contributed by atoms with Gasteiger partial charge in [-0.05, 0) is 23.8 Å². The molecule has 6 nitrogen and oxygen atoms in total. The number of methoxy groups -OCH3 is 1. The summed E-state index contributed by atoms with van der Waals surface area (Å²) in [6, 6.07) is 11.3. The van der Waals surface area contributed by atoms with Crippen LogP contribution in [-0.4, -0.2) is 29.8 Å². The molecule has 1 aliphatic rings. The number of carbonyl (C=O) groups excluding carboxylic acids is 1. The van der Waals surface area contributed by atoms with E-state index in [4.69, 9.17) is 9.57 Å². The molecule has 0 unspecified atom stereocenters. The zero-order valence-corrected chi connectivity index (χ0v) is 12.7. The third-order valence-corrected chi connectivity index (χ3v) is 3.55. The Kier molecular flexibility index (Phi) is 4.52. The van der Waals surface area contributed by atoms with E-state index in [9.17, 15) is 4.79 Å². The molecule has 0 spiro atoms. The van der Waals surface area contributed by atoms with Crippen LogP contribution in [0.2, 0.25) is 0 Å². The van der Waals surface area contributed by atoms with Gasteiger partial charge in [0.25, 0.3) is 5.91 Å². The van der Waals surface area contributed by atoms with Crippen molar-refractivity contribution in [3.8, 4) is 5.75 Å². The number of nitrogens with one attached hydrogen (secondary N) is 1. The lowest BCUT2D eigenvalue weighted by Gasteiger charge is -2.09. The molecular formula is C17H17N3O3. The van der Waals surface area contributed by atoms with Crippen molar-refractivity contribution < 1.29 is 14.4 Å². The zero-order chi connectivity index (χ0) is 16.1. The summed E-state index contributed by atoms with van der Waals surface area (Å²) in [5, 5.41) is 6.86. The molecule has 1 amide bonds. The lowest BCUT2D eigenvalue weighted by atomic mass is 10.0. The van der Waals surface area contributed by atoms with E-state index in [2.05, 4.69) is 15.5 Å².